The van der Waals surface area contributed by atoms with Crippen molar-refractivity contribution < 1.29 is 13.9 Å². The molecule has 1 atom stereocenters. The van der Waals surface area contributed by atoms with Crippen LogP contribution in [0.15, 0.2) is 16.6 Å². The van der Waals surface area contributed by atoms with Gasteiger partial charge in [-0.1, -0.05) is 0 Å². The smallest absolute Gasteiger partial charge is 0.256 e. The molecule has 1 amide bonds. The van der Waals surface area contributed by atoms with Crippen LogP contribution in [-0.2, 0) is 9.53 Å². The second kappa shape index (κ2) is 4.97. The Kier molecular flexibility index (Phi) is 3.73. The number of halogens is 2. The predicted molar refractivity (Wildman–Crippen MR) is 71.1 cm³/mol. The van der Waals surface area contributed by atoms with Crippen LogP contribution < -0.4 is 5.32 Å². The minimum atomic E-state index is -0.771. The van der Waals surface area contributed by atoms with Crippen LogP contribution in [0.25, 0.3) is 0 Å². The second-order valence-electron chi connectivity index (χ2n) is 4.72. The van der Waals surface area contributed by atoms with Crippen LogP contribution in [0.4, 0.5) is 10.1 Å². The lowest BCUT2D eigenvalue weighted by Crippen LogP contribution is -2.39. The molecule has 1 saturated heterocycles. The van der Waals surface area contributed by atoms with Crippen molar-refractivity contribution in [2.75, 3.05) is 11.9 Å². The first-order valence-electron chi connectivity index (χ1n) is 5.83. The van der Waals surface area contributed by atoms with Gasteiger partial charge in [0.15, 0.2) is 0 Å². The molecule has 98 valence electrons. The quantitative estimate of drug-likeness (QED) is 0.908. The number of carbonyl (C=O) groups excluding carboxylic acids is 1. The SMILES string of the molecule is Cc1cc(F)c(Br)cc1NC(=O)C1(C)CCCO1. The summed E-state index contributed by atoms with van der Waals surface area (Å²) < 4.78 is 19.1. The summed E-state index contributed by atoms with van der Waals surface area (Å²) in [5.41, 5.74) is 0.517. The largest absolute Gasteiger partial charge is 0.365 e. The van der Waals surface area contributed by atoms with Gasteiger partial charge in [0.05, 0.1) is 4.47 Å². The summed E-state index contributed by atoms with van der Waals surface area (Å²) in [7, 11) is 0. The Morgan fingerprint density at radius 1 is 1.56 bits per heavy atom. The molecule has 0 aromatic heterocycles. The third kappa shape index (κ3) is 2.57. The molecule has 18 heavy (non-hydrogen) atoms. The molecule has 0 spiro atoms. The molecule has 0 aliphatic carbocycles. The van der Waals surface area contributed by atoms with Crippen LogP contribution in [0.3, 0.4) is 0 Å². The molecule has 1 aliphatic rings. The summed E-state index contributed by atoms with van der Waals surface area (Å²) in [6, 6.07) is 2.96. The van der Waals surface area contributed by atoms with Gasteiger partial charge in [-0.25, -0.2) is 4.39 Å². The molecule has 1 aromatic rings. The third-order valence-corrected chi connectivity index (χ3v) is 3.82. The lowest BCUT2D eigenvalue weighted by atomic mass is 10.0. The fraction of sp³-hybridized carbons (Fsp3) is 0.462. The molecule has 1 heterocycles. The van der Waals surface area contributed by atoms with Crippen molar-refractivity contribution in [1.29, 1.82) is 0 Å². The maximum Gasteiger partial charge on any atom is 0.256 e. The first-order valence-corrected chi connectivity index (χ1v) is 6.63. The zero-order valence-corrected chi connectivity index (χ0v) is 11.9. The number of carbonyl (C=O) groups is 1. The average Bonchev–Trinajstić information content (AvgIpc) is 2.74. The fourth-order valence-electron chi connectivity index (χ4n) is 1.99. The Balaban J connectivity index is 2.19. The number of ether oxygens (including phenoxy) is 1. The topological polar surface area (TPSA) is 38.3 Å². The maximum atomic E-state index is 13.3. The van der Waals surface area contributed by atoms with Gasteiger partial charge < -0.3 is 10.1 Å². The van der Waals surface area contributed by atoms with E-state index >= 15 is 0 Å². The van der Waals surface area contributed by atoms with Crippen molar-refractivity contribution in [3.05, 3.63) is 28.0 Å². The molecule has 3 nitrogen and oxygen atoms in total. The van der Waals surface area contributed by atoms with Gasteiger partial charge >= 0.3 is 0 Å². The molecule has 1 unspecified atom stereocenters. The summed E-state index contributed by atoms with van der Waals surface area (Å²) in [4.78, 5) is 12.1. The van der Waals surface area contributed by atoms with Crippen LogP contribution in [0.1, 0.15) is 25.3 Å². The zero-order valence-electron chi connectivity index (χ0n) is 10.3. The first-order chi connectivity index (χ1) is 8.42. The van der Waals surface area contributed by atoms with Gasteiger partial charge in [-0.2, -0.15) is 0 Å². The molecule has 0 bridgehead atoms. The van der Waals surface area contributed by atoms with Gasteiger partial charge in [0.25, 0.3) is 5.91 Å². The van der Waals surface area contributed by atoms with Crippen molar-refractivity contribution in [1.82, 2.24) is 0 Å². The Labute approximate surface area is 114 Å². The van der Waals surface area contributed by atoms with E-state index in [2.05, 4.69) is 21.2 Å². The van der Waals surface area contributed by atoms with E-state index in [1.165, 1.54) is 6.07 Å². The van der Waals surface area contributed by atoms with E-state index in [0.717, 1.165) is 6.42 Å². The van der Waals surface area contributed by atoms with Crippen LogP contribution >= 0.6 is 15.9 Å². The number of nitrogens with one attached hydrogen (secondary N) is 1. The normalized spacial score (nSPS) is 23.1. The van der Waals surface area contributed by atoms with E-state index in [-0.39, 0.29) is 11.7 Å². The van der Waals surface area contributed by atoms with Crippen molar-refractivity contribution in [3.8, 4) is 0 Å². The third-order valence-electron chi connectivity index (χ3n) is 3.21. The Hall–Kier alpha value is -0.940. The highest BCUT2D eigenvalue weighted by molar-refractivity contribution is 9.10. The zero-order chi connectivity index (χ0) is 13.3. The predicted octanol–water partition coefficient (Wildman–Crippen LogP) is 3.40. The van der Waals surface area contributed by atoms with E-state index in [4.69, 9.17) is 4.74 Å². The lowest BCUT2D eigenvalue weighted by molar-refractivity contribution is -0.133. The van der Waals surface area contributed by atoms with Crippen LogP contribution in [-0.4, -0.2) is 18.1 Å². The van der Waals surface area contributed by atoms with Gasteiger partial charge in [-0.15, -0.1) is 0 Å². The molecule has 1 fully saturated rings. The molecule has 5 heteroatoms. The summed E-state index contributed by atoms with van der Waals surface area (Å²) in [6.45, 7) is 4.14. The van der Waals surface area contributed by atoms with Crippen LogP contribution in [0.5, 0.6) is 0 Å². The summed E-state index contributed by atoms with van der Waals surface area (Å²) >= 11 is 3.11. The Bertz CT molecular complexity index is 484. The van der Waals surface area contributed by atoms with E-state index in [0.29, 0.717) is 28.8 Å². The minimum absolute atomic E-state index is 0.179. The molecule has 1 aromatic carbocycles. The van der Waals surface area contributed by atoms with E-state index < -0.39 is 5.60 Å². The van der Waals surface area contributed by atoms with Crippen molar-refractivity contribution in [2.24, 2.45) is 0 Å². The van der Waals surface area contributed by atoms with Gasteiger partial charge in [0.2, 0.25) is 0 Å². The number of aryl methyl sites for hydroxylation is 1. The van der Waals surface area contributed by atoms with Gasteiger partial charge in [-0.05, 0) is 60.3 Å². The van der Waals surface area contributed by atoms with Gasteiger partial charge in [0.1, 0.15) is 11.4 Å². The first kappa shape index (κ1) is 13.5. The van der Waals surface area contributed by atoms with E-state index in [1.807, 2.05) is 0 Å². The standard InChI is InChI=1S/C13H15BrFNO2/c1-8-6-10(15)9(14)7-11(8)16-12(17)13(2)4-3-5-18-13/h6-7H,3-5H2,1-2H3,(H,16,17). The minimum Gasteiger partial charge on any atom is -0.365 e. The van der Waals surface area contributed by atoms with Crippen molar-refractivity contribution >= 4 is 27.5 Å². The van der Waals surface area contributed by atoms with Crippen LogP contribution in [0.2, 0.25) is 0 Å². The average molecular weight is 316 g/mol. The molecule has 0 saturated carbocycles. The lowest BCUT2D eigenvalue weighted by Gasteiger charge is -2.22. The number of anilines is 1. The van der Waals surface area contributed by atoms with Crippen molar-refractivity contribution in [3.63, 3.8) is 0 Å². The number of hydrogen-bond acceptors (Lipinski definition) is 2. The highest BCUT2D eigenvalue weighted by Crippen LogP contribution is 2.29. The number of hydrogen-bond donors (Lipinski definition) is 1. The Morgan fingerprint density at radius 2 is 2.28 bits per heavy atom. The second-order valence-corrected chi connectivity index (χ2v) is 5.57. The molecule has 0 radical (unpaired) electrons. The maximum absolute atomic E-state index is 13.3. The monoisotopic (exact) mass is 315 g/mol. The van der Waals surface area contributed by atoms with E-state index in [1.54, 1.807) is 19.9 Å². The highest BCUT2D eigenvalue weighted by Gasteiger charge is 2.37. The molecule has 1 aliphatic heterocycles. The fourth-order valence-corrected chi connectivity index (χ4v) is 2.34. The number of amides is 1. The summed E-state index contributed by atoms with van der Waals surface area (Å²) in [6.07, 6.45) is 1.59. The summed E-state index contributed by atoms with van der Waals surface area (Å²) in [5, 5.41) is 2.80. The Morgan fingerprint density at radius 3 is 2.89 bits per heavy atom. The van der Waals surface area contributed by atoms with Gasteiger partial charge in [-0.3, -0.25) is 4.79 Å². The van der Waals surface area contributed by atoms with Gasteiger partial charge in [0, 0.05) is 12.3 Å². The highest BCUT2D eigenvalue weighted by atomic mass is 79.9. The molecular formula is C13H15BrFNO2. The van der Waals surface area contributed by atoms with E-state index in [9.17, 15) is 9.18 Å². The molecule has 1 N–H and O–H groups in total. The molecular weight excluding hydrogens is 301 g/mol. The summed E-state index contributed by atoms with van der Waals surface area (Å²) in [5.74, 6) is -0.518. The number of benzene rings is 1. The van der Waals surface area contributed by atoms with Crippen molar-refractivity contribution in [2.45, 2.75) is 32.3 Å². The molecule has 2 rings (SSSR count). The van der Waals surface area contributed by atoms with Crippen LogP contribution in [0, 0.1) is 12.7 Å². The number of rotatable bonds is 2.